The van der Waals surface area contributed by atoms with E-state index in [9.17, 15) is 0 Å². The zero-order valence-electron chi connectivity index (χ0n) is 18.3. The fourth-order valence-corrected chi connectivity index (χ4v) is 4.75. The lowest BCUT2D eigenvalue weighted by Gasteiger charge is -2.29. The number of hydrogen-bond acceptors (Lipinski definition) is 4. The highest BCUT2D eigenvalue weighted by Gasteiger charge is 2.43. The molecule has 6 nitrogen and oxygen atoms in total. The third kappa shape index (κ3) is 3.91. The minimum Gasteiger partial charge on any atom is -0.495 e. The van der Waals surface area contributed by atoms with Gasteiger partial charge in [-0.15, -0.1) is 0 Å². The summed E-state index contributed by atoms with van der Waals surface area (Å²) in [5.74, 6) is 0.784. The Morgan fingerprint density at radius 3 is 2.58 bits per heavy atom. The van der Waals surface area contributed by atoms with Crippen molar-refractivity contribution in [2.75, 3.05) is 25.7 Å². The van der Waals surface area contributed by atoms with Crippen LogP contribution >= 0.6 is 12.2 Å². The first-order valence-electron chi connectivity index (χ1n) is 10.4. The average Bonchev–Trinajstić information content (AvgIpc) is 3.28. The molecule has 31 heavy (non-hydrogen) atoms. The molecule has 0 saturated carbocycles. The van der Waals surface area contributed by atoms with Crippen molar-refractivity contribution < 1.29 is 9.47 Å². The van der Waals surface area contributed by atoms with Crippen molar-refractivity contribution in [1.29, 1.82) is 0 Å². The third-order valence-corrected chi connectivity index (χ3v) is 6.21. The number of aromatic nitrogens is 2. The summed E-state index contributed by atoms with van der Waals surface area (Å²) < 4.78 is 13.3. The predicted molar refractivity (Wildman–Crippen MR) is 127 cm³/mol. The summed E-state index contributed by atoms with van der Waals surface area (Å²) in [5.41, 5.74) is 5.50. The number of anilines is 1. The minimum absolute atomic E-state index is 0.0683. The molecule has 1 fully saturated rings. The van der Waals surface area contributed by atoms with Gasteiger partial charge < -0.3 is 24.3 Å². The van der Waals surface area contributed by atoms with Crippen LogP contribution in [-0.2, 0) is 11.3 Å². The van der Waals surface area contributed by atoms with Gasteiger partial charge in [0.15, 0.2) is 5.11 Å². The molecule has 0 spiro atoms. The lowest BCUT2D eigenvalue weighted by molar-refractivity contribution is 0.186. The molecule has 7 heteroatoms. The Labute approximate surface area is 188 Å². The van der Waals surface area contributed by atoms with Gasteiger partial charge in [-0.05, 0) is 62.0 Å². The van der Waals surface area contributed by atoms with Crippen molar-refractivity contribution >= 4 is 23.0 Å². The molecule has 0 unspecified atom stereocenters. The maximum absolute atomic E-state index is 5.84. The van der Waals surface area contributed by atoms with Crippen LogP contribution in [0.4, 0.5) is 5.69 Å². The number of nitrogens with zero attached hydrogens (tertiary/aromatic N) is 3. The van der Waals surface area contributed by atoms with E-state index in [2.05, 4.69) is 39.7 Å². The lowest BCUT2D eigenvalue weighted by atomic mass is 9.96. The molecule has 4 rings (SSSR count). The minimum atomic E-state index is -0.0880. The average molecular weight is 437 g/mol. The van der Waals surface area contributed by atoms with Crippen molar-refractivity contribution in [3.8, 4) is 5.75 Å². The number of methoxy groups -OCH3 is 2. The van der Waals surface area contributed by atoms with E-state index in [1.807, 2.05) is 48.7 Å². The topological polar surface area (TPSA) is 51.5 Å². The first-order valence-corrected chi connectivity index (χ1v) is 10.8. The number of nitrogens with one attached hydrogen (secondary N) is 1. The predicted octanol–water partition coefficient (Wildman–Crippen LogP) is 4.33. The molecule has 0 amide bonds. The Bertz CT molecular complexity index is 1070. The van der Waals surface area contributed by atoms with Crippen molar-refractivity contribution in [2.45, 2.75) is 32.5 Å². The molecule has 0 aliphatic carbocycles. The zero-order valence-corrected chi connectivity index (χ0v) is 19.1. The summed E-state index contributed by atoms with van der Waals surface area (Å²) >= 11 is 5.84. The van der Waals surface area contributed by atoms with Gasteiger partial charge in [0.2, 0.25) is 0 Å². The SMILES string of the molecule is COCCn1c(C)cc([C@H]2[C@@H](c3ccccn3)NC(=S)N2c2ccccc2OC)c1C. The van der Waals surface area contributed by atoms with Crippen LogP contribution in [0.3, 0.4) is 0 Å². The van der Waals surface area contributed by atoms with E-state index in [1.165, 1.54) is 17.0 Å². The van der Waals surface area contributed by atoms with Crippen LogP contribution in [0.2, 0.25) is 0 Å². The molecule has 1 N–H and O–H groups in total. The quantitative estimate of drug-likeness (QED) is 0.557. The Balaban J connectivity index is 1.87. The van der Waals surface area contributed by atoms with E-state index in [4.69, 9.17) is 21.7 Å². The number of ether oxygens (including phenoxy) is 2. The highest BCUT2D eigenvalue weighted by Crippen LogP contribution is 2.45. The van der Waals surface area contributed by atoms with Crippen LogP contribution < -0.4 is 15.0 Å². The largest absolute Gasteiger partial charge is 0.495 e. The number of para-hydroxylation sites is 2. The van der Waals surface area contributed by atoms with Crippen LogP contribution in [0.15, 0.2) is 54.7 Å². The van der Waals surface area contributed by atoms with Crippen molar-refractivity contribution in [3.63, 3.8) is 0 Å². The fraction of sp³-hybridized carbons (Fsp3) is 0.333. The molecule has 1 aliphatic heterocycles. The molecular weight excluding hydrogens is 408 g/mol. The third-order valence-electron chi connectivity index (χ3n) is 5.89. The van der Waals surface area contributed by atoms with Crippen LogP contribution in [-0.4, -0.2) is 35.5 Å². The van der Waals surface area contributed by atoms with Crippen LogP contribution in [0.5, 0.6) is 5.75 Å². The standard InChI is InChI=1S/C24H28N4O2S/c1-16-15-18(17(2)27(16)13-14-29-3)23-22(19-9-7-8-12-25-19)26-24(31)28(23)20-10-5-6-11-21(20)30-4/h5-12,15,22-23H,13-14H2,1-4H3,(H,26,31)/t22-,23+/m1/s1. The van der Waals surface area contributed by atoms with Gasteiger partial charge in [-0.1, -0.05) is 18.2 Å². The van der Waals surface area contributed by atoms with Gasteiger partial charge in [-0.25, -0.2) is 0 Å². The highest BCUT2D eigenvalue weighted by atomic mass is 32.1. The number of thiocarbonyl (C=S) groups is 1. The second-order valence-corrected chi connectivity index (χ2v) is 8.03. The summed E-state index contributed by atoms with van der Waals surface area (Å²) in [6, 6.07) is 16.1. The second kappa shape index (κ2) is 9.08. The molecule has 2 aromatic heterocycles. The molecule has 3 aromatic rings. The van der Waals surface area contributed by atoms with E-state index in [1.54, 1.807) is 14.2 Å². The molecule has 1 saturated heterocycles. The smallest absolute Gasteiger partial charge is 0.174 e. The number of benzene rings is 1. The Hall–Kier alpha value is -2.90. The van der Waals surface area contributed by atoms with E-state index < -0.39 is 0 Å². The van der Waals surface area contributed by atoms with Crippen molar-refractivity contribution in [3.05, 3.63) is 77.4 Å². The van der Waals surface area contributed by atoms with Gasteiger partial charge in [0.05, 0.1) is 37.2 Å². The van der Waals surface area contributed by atoms with Gasteiger partial charge >= 0.3 is 0 Å². The summed E-state index contributed by atoms with van der Waals surface area (Å²) in [6.07, 6.45) is 1.82. The first-order chi connectivity index (χ1) is 15.1. The van der Waals surface area contributed by atoms with Crippen LogP contribution in [0.1, 0.15) is 34.7 Å². The summed E-state index contributed by atoms with van der Waals surface area (Å²) in [4.78, 5) is 6.81. The van der Waals surface area contributed by atoms with E-state index in [0.717, 1.165) is 23.7 Å². The molecule has 1 aromatic carbocycles. The van der Waals surface area contributed by atoms with Gasteiger partial charge in [-0.2, -0.15) is 0 Å². The number of rotatable bonds is 7. The van der Waals surface area contributed by atoms with Crippen molar-refractivity contribution in [1.82, 2.24) is 14.9 Å². The normalized spacial score (nSPS) is 18.3. The molecule has 162 valence electrons. The zero-order chi connectivity index (χ0) is 22.0. The maximum atomic E-state index is 5.84. The van der Waals surface area contributed by atoms with Gasteiger partial charge in [0, 0.05) is 31.2 Å². The molecular formula is C24H28N4O2S. The Morgan fingerprint density at radius 2 is 1.87 bits per heavy atom. The van der Waals surface area contributed by atoms with E-state index >= 15 is 0 Å². The number of pyridine rings is 1. The maximum Gasteiger partial charge on any atom is 0.174 e. The van der Waals surface area contributed by atoms with E-state index in [-0.39, 0.29) is 12.1 Å². The lowest BCUT2D eigenvalue weighted by Crippen LogP contribution is -2.30. The summed E-state index contributed by atoms with van der Waals surface area (Å²) in [5, 5.41) is 4.18. The highest BCUT2D eigenvalue weighted by molar-refractivity contribution is 7.80. The molecule has 3 heterocycles. The van der Waals surface area contributed by atoms with Crippen LogP contribution in [0, 0.1) is 13.8 Å². The number of aryl methyl sites for hydroxylation is 1. The number of hydrogen-bond donors (Lipinski definition) is 1. The van der Waals surface area contributed by atoms with Gasteiger partial charge in [0.25, 0.3) is 0 Å². The molecule has 0 radical (unpaired) electrons. The molecule has 1 aliphatic rings. The second-order valence-electron chi connectivity index (χ2n) is 7.64. The fourth-order valence-electron chi connectivity index (χ4n) is 4.41. The summed E-state index contributed by atoms with van der Waals surface area (Å²) in [6.45, 7) is 5.77. The van der Waals surface area contributed by atoms with Gasteiger partial charge in [0.1, 0.15) is 5.75 Å². The van der Waals surface area contributed by atoms with Crippen LogP contribution in [0.25, 0.3) is 0 Å². The Kier molecular flexibility index (Phi) is 6.25. The first kappa shape index (κ1) is 21.3. The van der Waals surface area contributed by atoms with Crippen molar-refractivity contribution in [2.24, 2.45) is 0 Å². The summed E-state index contributed by atoms with van der Waals surface area (Å²) in [7, 11) is 3.42. The molecule has 2 atom stereocenters. The van der Waals surface area contributed by atoms with E-state index in [0.29, 0.717) is 11.7 Å². The van der Waals surface area contributed by atoms with Gasteiger partial charge in [-0.3, -0.25) is 4.98 Å². The monoisotopic (exact) mass is 436 g/mol. The Morgan fingerprint density at radius 1 is 1.10 bits per heavy atom. The molecule has 0 bridgehead atoms.